The molecule has 2 aromatic rings. The topological polar surface area (TPSA) is 34.0 Å². The highest BCUT2D eigenvalue weighted by atomic mass is 16.1. The van der Waals surface area contributed by atoms with E-state index in [0.29, 0.717) is 6.54 Å². The van der Waals surface area contributed by atoms with Crippen molar-refractivity contribution in [1.82, 2.24) is 9.88 Å². The van der Waals surface area contributed by atoms with Gasteiger partial charge in [0, 0.05) is 25.2 Å². The summed E-state index contributed by atoms with van der Waals surface area (Å²) in [4.78, 5) is 11.8. The molecule has 2 rings (SSSR count). The molecule has 3 nitrogen and oxygen atoms in total. The lowest BCUT2D eigenvalue weighted by Crippen LogP contribution is -2.23. The van der Waals surface area contributed by atoms with E-state index in [1.165, 1.54) is 0 Å². The Morgan fingerprint density at radius 2 is 2.20 bits per heavy atom. The number of benzene rings is 1. The lowest BCUT2D eigenvalue weighted by Gasteiger charge is -2.05. The maximum absolute atomic E-state index is 11.8. The first kappa shape index (κ1) is 9.77. The molecule has 3 heteroatoms. The van der Waals surface area contributed by atoms with Gasteiger partial charge < -0.3 is 9.88 Å². The van der Waals surface area contributed by atoms with Crippen LogP contribution in [0.5, 0.6) is 0 Å². The third-order valence-electron chi connectivity index (χ3n) is 2.48. The zero-order valence-corrected chi connectivity index (χ0v) is 8.95. The second kappa shape index (κ2) is 3.77. The Kier molecular flexibility index (Phi) is 2.46. The quantitative estimate of drug-likeness (QED) is 0.793. The molecule has 1 N–H and O–H groups in total. The Hall–Kier alpha value is -1.77. The molecule has 1 aromatic heterocycles. The standard InChI is InChI=1S/C12H14N2O/c1-3-13-12(15)10-6-4-5-9-7-8-14(2)11(9)10/h4-8H,3H2,1-2H3,(H,13,15). The summed E-state index contributed by atoms with van der Waals surface area (Å²) in [6.45, 7) is 2.57. The Morgan fingerprint density at radius 3 is 2.93 bits per heavy atom. The Labute approximate surface area is 88.7 Å². The van der Waals surface area contributed by atoms with Crippen LogP contribution < -0.4 is 5.32 Å². The molecule has 0 aliphatic rings. The number of carbonyl (C=O) groups is 1. The van der Waals surface area contributed by atoms with Gasteiger partial charge in [0.05, 0.1) is 11.1 Å². The summed E-state index contributed by atoms with van der Waals surface area (Å²) in [5.74, 6) is -0.00935. The first-order valence-corrected chi connectivity index (χ1v) is 5.06. The highest BCUT2D eigenvalue weighted by molar-refractivity contribution is 6.05. The first-order valence-electron chi connectivity index (χ1n) is 5.06. The van der Waals surface area contributed by atoms with Crippen LogP contribution in [-0.2, 0) is 7.05 Å². The van der Waals surface area contributed by atoms with E-state index in [4.69, 9.17) is 0 Å². The normalized spacial score (nSPS) is 10.5. The van der Waals surface area contributed by atoms with Gasteiger partial charge in [-0.15, -0.1) is 0 Å². The highest BCUT2D eigenvalue weighted by Gasteiger charge is 2.10. The second-order valence-electron chi connectivity index (χ2n) is 3.53. The minimum absolute atomic E-state index is 0.00935. The molecule has 0 bridgehead atoms. The van der Waals surface area contributed by atoms with E-state index >= 15 is 0 Å². The molecule has 0 atom stereocenters. The minimum Gasteiger partial charge on any atom is -0.352 e. The van der Waals surface area contributed by atoms with E-state index in [-0.39, 0.29) is 5.91 Å². The highest BCUT2D eigenvalue weighted by Crippen LogP contribution is 2.19. The summed E-state index contributed by atoms with van der Waals surface area (Å²) < 4.78 is 1.97. The van der Waals surface area contributed by atoms with Gasteiger partial charge in [0.2, 0.25) is 0 Å². The summed E-state index contributed by atoms with van der Waals surface area (Å²) in [5.41, 5.74) is 1.73. The predicted octanol–water partition coefficient (Wildman–Crippen LogP) is 1.93. The van der Waals surface area contributed by atoms with Crippen molar-refractivity contribution in [1.29, 1.82) is 0 Å². The fraction of sp³-hybridized carbons (Fsp3) is 0.250. The molecule has 0 saturated carbocycles. The maximum atomic E-state index is 11.8. The van der Waals surface area contributed by atoms with Gasteiger partial charge in [0.25, 0.3) is 5.91 Å². The number of para-hydroxylation sites is 1. The van der Waals surface area contributed by atoms with E-state index in [1.54, 1.807) is 0 Å². The number of carbonyl (C=O) groups excluding carboxylic acids is 1. The van der Waals surface area contributed by atoms with E-state index in [9.17, 15) is 4.79 Å². The van der Waals surface area contributed by atoms with Crippen LogP contribution in [0.4, 0.5) is 0 Å². The van der Waals surface area contributed by atoms with E-state index in [0.717, 1.165) is 16.5 Å². The van der Waals surface area contributed by atoms with Gasteiger partial charge >= 0.3 is 0 Å². The summed E-state index contributed by atoms with van der Waals surface area (Å²) in [7, 11) is 1.95. The van der Waals surface area contributed by atoms with E-state index < -0.39 is 0 Å². The molecule has 0 spiro atoms. The third kappa shape index (κ3) is 1.61. The van der Waals surface area contributed by atoms with Crippen LogP contribution in [0.25, 0.3) is 10.9 Å². The van der Waals surface area contributed by atoms with Crippen LogP contribution in [0.15, 0.2) is 30.5 Å². The monoisotopic (exact) mass is 202 g/mol. The van der Waals surface area contributed by atoms with Crippen LogP contribution in [-0.4, -0.2) is 17.0 Å². The molecule has 15 heavy (non-hydrogen) atoms. The molecular formula is C12H14N2O. The smallest absolute Gasteiger partial charge is 0.253 e. The summed E-state index contributed by atoms with van der Waals surface area (Å²) in [5, 5.41) is 3.92. The van der Waals surface area contributed by atoms with Crippen LogP contribution in [0.1, 0.15) is 17.3 Å². The maximum Gasteiger partial charge on any atom is 0.253 e. The van der Waals surface area contributed by atoms with Gasteiger partial charge in [-0.3, -0.25) is 4.79 Å². The summed E-state index contributed by atoms with van der Waals surface area (Å²) >= 11 is 0. The SMILES string of the molecule is CCNC(=O)c1cccc2ccn(C)c12. The second-order valence-corrected chi connectivity index (χ2v) is 3.53. The molecule has 0 unspecified atom stereocenters. The molecule has 0 aliphatic heterocycles. The van der Waals surface area contributed by atoms with Gasteiger partial charge in [-0.05, 0) is 19.1 Å². The van der Waals surface area contributed by atoms with Crippen molar-refractivity contribution in [3.05, 3.63) is 36.0 Å². The average Bonchev–Trinajstić information content (AvgIpc) is 2.61. The Bertz CT molecular complexity index is 499. The molecule has 1 heterocycles. The number of aryl methyl sites for hydroxylation is 1. The van der Waals surface area contributed by atoms with Gasteiger partial charge in [0.15, 0.2) is 0 Å². The largest absolute Gasteiger partial charge is 0.352 e. The van der Waals surface area contributed by atoms with Crippen molar-refractivity contribution in [2.75, 3.05) is 6.54 Å². The van der Waals surface area contributed by atoms with Crippen molar-refractivity contribution in [2.24, 2.45) is 7.05 Å². The van der Waals surface area contributed by atoms with Crippen LogP contribution in [0, 0.1) is 0 Å². The van der Waals surface area contributed by atoms with Crippen molar-refractivity contribution in [2.45, 2.75) is 6.92 Å². The summed E-state index contributed by atoms with van der Waals surface area (Å²) in [6.07, 6.45) is 1.97. The molecule has 78 valence electrons. The molecular weight excluding hydrogens is 188 g/mol. The van der Waals surface area contributed by atoms with Crippen molar-refractivity contribution in [3.8, 4) is 0 Å². The van der Waals surface area contributed by atoms with Crippen LogP contribution in [0.3, 0.4) is 0 Å². The minimum atomic E-state index is -0.00935. The van der Waals surface area contributed by atoms with Crippen molar-refractivity contribution in [3.63, 3.8) is 0 Å². The first-order chi connectivity index (χ1) is 7.24. The van der Waals surface area contributed by atoms with Crippen molar-refractivity contribution >= 4 is 16.8 Å². The molecule has 0 saturated heterocycles. The number of fused-ring (bicyclic) bond motifs is 1. The Morgan fingerprint density at radius 1 is 1.40 bits per heavy atom. The molecule has 1 amide bonds. The van der Waals surface area contributed by atoms with Crippen LogP contribution >= 0.6 is 0 Å². The lowest BCUT2D eigenvalue weighted by molar-refractivity contribution is 0.0957. The third-order valence-corrected chi connectivity index (χ3v) is 2.48. The Balaban J connectivity index is 2.59. The van der Waals surface area contributed by atoms with Gasteiger partial charge in [-0.1, -0.05) is 12.1 Å². The van der Waals surface area contributed by atoms with Crippen molar-refractivity contribution < 1.29 is 4.79 Å². The van der Waals surface area contributed by atoms with Gasteiger partial charge in [-0.25, -0.2) is 0 Å². The van der Waals surface area contributed by atoms with Gasteiger partial charge in [0.1, 0.15) is 0 Å². The number of hydrogen-bond donors (Lipinski definition) is 1. The number of nitrogens with one attached hydrogen (secondary N) is 1. The van der Waals surface area contributed by atoms with E-state index in [2.05, 4.69) is 5.32 Å². The molecule has 0 fully saturated rings. The number of nitrogens with zero attached hydrogens (tertiary/aromatic N) is 1. The number of rotatable bonds is 2. The number of amides is 1. The van der Waals surface area contributed by atoms with Gasteiger partial charge in [-0.2, -0.15) is 0 Å². The fourth-order valence-electron chi connectivity index (χ4n) is 1.80. The zero-order chi connectivity index (χ0) is 10.8. The number of aromatic nitrogens is 1. The number of hydrogen-bond acceptors (Lipinski definition) is 1. The summed E-state index contributed by atoms with van der Waals surface area (Å²) in [6, 6.07) is 7.79. The zero-order valence-electron chi connectivity index (χ0n) is 8.95. The molecule has 1 aromatic carbocycles. The van der Waals surface area contributed by atoms with Crippen LogP contribution in [0.2, 0.25) is 0 Å². The fourth-order valence-corrected chi connectivity index (χ4v) is 1.80. The molecule has 0 radical (unpaired) electrons. The average molecular weight is 202 g/mol. The van der Waals surface area contributed by atoms with E-state index in [1.807, 2.05) is 49.0 Å². The molecule has 0 aliphatic carbocycles. The predicted molar refractivity (Wildman–Crippen MR) is 60.9 cm³/mol. The lowest BCUT2D eigenvalue weighted by atomic mass is 10.1.